The summed E-state index contributed by atoms with van der Waals surface area (Å²) in [7, 11) is 0. The Morgan fingerprint density at radius 2 is 1.00 bits per heavy atom. The molecule has 0 aromatic carbocycles. The van der Waals surface area contributed by atoms with E-state index in [-0.39, 0.29) is 0 Å². The molecule has 0 fully saturated rings. The third-order valence-corrected chi connectivity index (χ3v) is 4.31. The first-order valence-corrected chi connectivity index (χ1v) is 12.4. The average Bonchev–Trinajstić information content (AvgIpc) is 2.60. The molecule has 30 heavy (non-hydrogen) atoms. The van der Waals surface area contributed by atoms with Gasteiger partial charge in [-0.25, -0.2) is 0 Å². The Morgan fingerprint density at radius 3 is 1.47 bits per heavy atom. The van der Waals surface area contributed by atoms with E-state index in [0.29, 0.717) is 24.2 Å². The molecule has 178 valence electrons. The van der Waals surface area contributed by atoms with E-state index in [1.807, 2.05) is 0 Å². The highest BCUT2D eigenvalue weighted by Gasteiger charge is 2.03. The summed E-state index contributed by atoms with van der Waals surface area (Å²) in [6, 6.07) is 1.54. The molecule has 0 aromatic heterocycles. The minimum absolute atomic E-state index is 0.314. The van der Waals surface area contributed by atoms with Gasteiger partial charge in [-0.15, -0.1) is 0 Å². The number of aliphatic imine (C=N–C) groups is 2. The van der Waals surface area contributed by atoms with Gasteiger partial charge in [-0.1, -0.05) is 38.5 Å². The molecule has 4 N–H and O–H groups in total. The lowest BCUT2D eigenvalue weighted by molar-refractivity contribution is 0.564. The third kappa shape index (κ3) is 19.8. The number of nitrogens with zero attached hydrogens (tertiary/aromatic N) is 2. The van der Waals surface area contributed by atoms with Gasteiger partial charge in [0.15, 0.2) is 11.9 Å². The summed E-state index contributed by atoms with van der Waals surface area (Å²) in [5.41, 5.74) is 0. The number of rotatable bonds is 15. The van der Waals surface area contributed by atoms with Gasteiger partial charge in [-0.3, -0.25) is 9.98 Å². The quantitative estimate of drug-likeness (QED) is 0.173. The maximum Gasteiger partial charge on any atom is 0.191 e. The summed E-state index contributed by atoms with van der Waals surface area (Å²) < 4.78 is 0. The van der Waals surface area contributed by atoms with Gasteiger partial charge in [0, 0.05) is 37.3 Å². The Bertz CT molecular complexity index is 443. The molecule has 0 aliphatic heterocycles. The first-order valence-electron chi connectivity index (χ1n) is 12.4. The van der Waals surface area contributed by atoms with E-state index in [9.17, 15) is 0 Å². The Labute approximate surface area is 187 Å². The van der Waals surface area contributed by atoms with Gasteiger partial charge < -0.3 is 21.3 Å². The van der Waals surface area contributed by atoms with Crippen LogP contribution >= 0.6 is 0 Å². The van der Waals surface area contributed by atoms with Crippen molar-refractivity contribution in [3.8, 4) is 0 Å². The normalized spacial score (nSPS) is 12.1. The van der Waals surface area contributed by atoms with Crippen LogP contribution in [0.15, 0.2) is 9.98 Å². The zero-order valence-corrected chi connectivity index (χ0v) is 21.3. The van der Waals surface area contributed by atoms with Crippen LogP contribution in [-0.2, 0) is 0 Å². The fourth-order valence-corrected chi connectivity index (χ4v) is 3.04. The van der Waals surface area contributed by atoms with Crippen molar-refractivity contribution in [2.75, 3.05) is 13.1 Å². The van der Waals surface area contributed by atoms with Crippen LogP contribution in [0.3, 0.4) is 0 Å². The van der Waals surface area contributed by atoms with Gasteiger partial charge in [0.25, 0.3) is 0 Å². The average molecular weight is 425 g/mol. The van der Waals surface area contributed by atoms with E-state index in [1.165, 1.54) is 51.4 Å². The lowest BCUT2D eigenvalue weighted by Crippen LogP contribution is -2.44. The van der Waals surface area contributed by atoms with Crippen LogP contribution in [0, 0.1) is 0 Å². The number of hydrogen-bond donors (Lipinski definition) is 4. The maximum absolute atomic E-state index is 4.69. The van der Waals surface area contributed by atoms with E-state index < -0.39 is 0 Å². The number of unbranched alkanes of at least 4 members (excludes halogenated alkanes) is 7. The molecular formula is C24H52N6. The highest BCUT2D eigenvalue weighted by atomic mass is 15.2. The van der Waals surface area contributed by atoms with Crippen LogP contribution in [0.5, 0.6) is 0 Å². The number of hydrogen-bond acceptors (Lipinski definition) is 2. The summed E-state index contributed by atoms with van der Waals surface area (Å²) in [6.07, 6.45) is 10.3. The largest absolute Gasteiger partial charge is 0.356 e. The minimum Gasteiger partial charge on any atom is -0.356 e. The molecule has 6 heteroatoms. The predicted octanol–water partition coefficient (Wildman–Crippen LogP) is 4.81. The van der Waals surface area contributed by atoms with Crippen molar-refractivity contribution in [1.82, 2.24) is 21.3 Å². The molecule has 0 amide bonds. The zero-order chi connectivity index (χ0) is 22.8. The Morgan fingerprint density at radius 1 is 0.567 bits per heavy atom. The summed E-state index contributed by atoms with van der Waals surface area (Å²) in [6.45, 7) is 19.0. The van der Waals surface area contributed by atoms with Gasteiger partial charge in [-0.2, -0.15) is 0 Å². The topological polar surface area (TPSA) is 72.8 Å². The van der Waals surface area contributed by atoms with E-state index in [1.54, 1.807) is 0 Å². The molecule has 0 aliphatic carbocycles. The highest BCUT2D eigenvalue weighted by molar-refractivity contribution is 5.80. The second-order valence-corrected chi connectivity index (χ2v) is 9.45. The van der Waals surface area contributed by atoms with Crippen LogP contribution in [-0.4, -0.2) is 49.2 Å². The van der Waals surface area contributed by atoms with E-state index in [4.69, 9.17) is 4.99 Å². The third-order valence-electron chi connectivity index (χ3n) is 4.31. The first kappa shape index (κ1) is 28.5. The highest BCUT2D eigenvalue weighted by Crippen LogP contribution is 2.08. The minimum atomic E-state index is 0.314. The summed E-state index contributed by atoms with van der Waals surface area (Å²) in [5, 5.41) is 13.6. The summed E-state index contributed by atoms with van der Waals surface area (Å²) in [5.74, 6) is 1.89. The number of guanidine groups is 2. The first-order chi connectivity index (χ1) is 14.2. The molecule has 0 rings (SSSR count). The molecule has 0 atom stereocenters. The van der Waals surface area contributed by atoms with Crippen LogP contribution in [0.4, 0.5) is 0 Å². The molecule has 0 heterocycles. The van der Waals surface area contributed by atoms with Crippen LogP contribution in [0.25, 0.3) is 0 Å². The van der Waals surface area contributed by atoms with Crippen molar-refractivity contribution in [2.24, 2.45) is 9.98 Å². The van der Waals surface area contributed by atoms with Crippen LogP contribution in [0.2, 0.25) is 0 Å². The fraction of sp³-hybridized carbons (Fsp3) is 0.917. The van der Waals surface area contributed by atoms with Crippen LogP contribution < -0.4 is 21.3 Å². The summed E-state index contributed by atoms with van der Waals surface area (Å²) >= 11 is 0. The van der Waals surface area contributed by atoms with E-state index in [0.717, 1.165) is 25.0 Å². The molecule has 0 radical (unpaired) electrons. The Kier molecular flexibility index (Phi) is 17.4. The van der Waals surface area contributed by atoms with Gasteiger partial charge >= 0.3 is 0 Å². The monoisotopic (exact) mass is 424 g/mol. The van der Waals surface area contributed by atoms with Crippen LogP contribution in [0.1, 0.15) is 107 Å². The standard InChI is InChI=1S/C24H52N6/c1-19(2)27-23(28-20(3)4)25-17-15-13-11-9-10-12-14-16-18-26-24(29-21(5)6)30-22(7)8/h19-22H,9-18H2,1-8H3,(H2,25,27,28)(H2,26,29,30). The Hall–Kier alpha value is -1.46. The van der Waals surface area contributed by atoms with Crippen molar-refractivity contribution in [1.29, 1.82) is 0 Å². The molecule has 0 bridgehead atoms. The van der Waals surface area contributed by atoms with Crippen molar-refractivity contribution < 1.29 is 0 Å². The predicted molar refractivity (Wildman–Crippen MR) is 135 cm³/mol. The van der Waals surface area contributed by atoms with E-state index >= 15 is 0 Å². The summed E-state index contributed by atoms with van der Waals surface area (Å²) in [4.78, 5) is 9.31. The lowest BCUT2D eigenvalue weighted by Gasteiger charge is -2.17. The molecule has 0 saturated heterocycles. The molecule has 6 nitrogen and oxygen atoms in total. The molecular weight excluding hydrogens is 372 g/mol. The van der Waals surface area contributed by atoms with Crippen molar-refractivity contribution >= 4 is 11.9 Å². The smallest absolute Gasteiger partial charge is 0.191 e. The van der Waals surface area contributed by atoms with E-state index in [2.05, 4.69) is 81.6 Å². The zero-order valence-electron chi connectivity index (χ0n) is 21.3. The second kappa shape index (κ2) is 18.3. The number of nitrogens with one attached hydrogen (secondary N) is 4. The van der Waals surface area contributed by atoms with Gasteiger partial charge in [-0.05, 0) is 68.2 Å². The lowest BCUT2D eigenvalue weighted by atomic mass is 10.1. The van der Waals surface area contributed by atoms with Crippen molar-refractivity contribution in [3.05, 3.63) is 0 Å². The van der Waals surface area contributed by atoms with Crippen molar-refractivity contribution in [3.63, 3.8) is 0 Å². The molecule has 0 aliphatic rings. The Balaban J connectivity index is 3.72. The molecule has 0 spiro atoms. The SMILES string of the molecule is CC(C)N=C(NCCCCCCCCCCN=C(NC(C)C)NC(C)C)NC(C)C. The van der Waals surface area contributed by atoms with Gasteiger partial charge in [0.1, 0.15) is 0 Å². The van der Waals surface area contributed by atoms with Gasteiger partial charge in [0.2, 0.25) is 0 Å². The van der Waals surface area contributed by atoms with Gasteiger partial charge in [0.05, 0.1) is 0 Å². The molecule has 0 aromatic rings. The molecule has 0 saturated carbocycles. The second-order valence-electron chi connectivity index (χ2n) is 9.45. The molecule has 0 unspecified atom stereocenters. The maximum atomic E-state index is 4.69. The van der Waals surface area contributed by atoms with Crippen molar-refractivity contribution in [2.45, 2.75) is 131 Å². The fourth-order valence-electron chi connectivity index (χ4n) is 3.04.